The maximum atomic E-state index is 10.5. The quantitative estimate of drug-likeness (QED) is 0.266. The Morgan fingerprint density at radius 1 is 1.37 bits per heavy atom. The molecule has 1 aromatic rings. The minimum absolute atomic E-state index is 0.0245. The van der Waals surface area contributed by atoms with Crippen molar-refractivity contribution >= 4 is 17.4 Å². The van der Waals surface area contributed by atoms with Gasteiger partial charge < -0.3 is 20.6 Å². The van der Waals surface area contributed by atoms with E-state index >= 15 is 0 Å². The summed E-state index contributed by atoms with van der Waals surface area (Å²) in [5.41, 5.74) is 0.0981. The number of aliphatic hydroxyl groups excluding tert-OH is 1. The zero-order valence-electron chi connectivity index (χ0n) is 10.2. The lowest BCUT2D eigenvalue weighted by atomic mass is 10.2. The number of nitrogens with zero attached hydrogens (tertiary/aromatic N) is 1. The van der Waals surface area contributed by atoms with E-state index in [-0.39, 0.29) is 12.3 Å². The monoisotopic (exact) mass is 288 g/mol. The lowest BCUT2D eigenvalue weighted by Crippen LogP contribution is -2.59. The molecule has 1 heterocycles. The van der Waals surface area contributed by atoms with Crippen molar-refractivity contribution in [1.29, 1.82) is 0 Å². The second-order valence-corrected chi connectivity index (χ2v) is 5.02. The van der Waals surface area contributed by atoms with Gasteiger partial charge in [0.05, 0.1) is 29.5 Å². The van der Waals surface area contributed by atoms with Crippen molar-refractivity contribution in [2.45, 2.75) is 10.7 Å². The molecule has 106 valence electrons. The van der Waals surface area contributed by atoms with Gasteiger partial charge >= 0.3 is 0 Å². The topological polar surface area (TPSA) is 116 Å². The average molecular weight is 288 g/mol. The highest BCUT2D eigenvalue weighted by Crippen LogP contribution is 2.27. The van der Waals surface area contributed by atoms with Gasteiger partial charge in [-0.25, -0.2) is 0 Å². The summed E-state index contributed by atoms with van der Waals surface area (Å²) >= 11 is 1.28. The van der Waals surface area contributed by atoms with Crippen LogP contribution in [0.1, 0.15) is 0 Å². The third kappa shape index (κ3) is 5.53. The molecule has 1 aliphatic rings. The molecule has 0 saturated carbocycles. The fourth-order valence-corrected chi connectivity index (χ4v) is 2.01. The standard InChI is InChI=1S/C8H9NO3S.C3H7NO2/c10-5-6-13-8-4-2-1-3-7(8)9(11)12;5-3(6)1-4-2-3/h1-4,10H,5-6H2;4-6H,1-2H2. The van der Waals surface area contributed by atoms with Crippen LogP contribution < -0.4 is 5.32 Å². The van der Waals surface area contributed by atoms with Crippen LogP contribution in [0.3, 0.4) is 0 Å². The second-order valence-electron chi connectivity index (χ2n) is 3.88. The van der Waals surface area contributed by atoms with E-state index in [1.807, 2.05) is 0 Å². The van der Waals surface area contributed by atoms with Gasteiger partial charge in [-0.05, 0) is 6.07 Å². The van der Waals surface area contributed by atoms with Crippen LogP contribution in [0.2, 0.25) is 0 Å². The van der Waals surface area contributed by atoms with Crippen LogP contribution in [0.5, 0.6) is 0 Å². The summed E-state index contributed by atoms with van der Waals surface area (Å²) in [6.07, 6.45) is 0. The molecule has 2 rings (SSSR count). The first-order chi connectivity index (χ1) is 8.96. The van der Waals surface area contributed by atoms with Crippen molar-refractivity contribution in [3.05, 3.63) is 34.4 Å². The van der Waals surface area contributed by atoms with Gasteiger partial charge in [-0.1, -0.05) is 12.1 Å². The van der Waals surface area contributed by atoms with Gasteiger partial charge in [-0.2, -0.15) is 0 Å². The third-order valence-electron chi connectivity index (χ3n) is 2.23. The summed E-state index contributed by atoms with van der Waals surface area (Å²) in [5.74, 6) is -0.912. The first-order valence-electron chi connectivity index (χ1n) is 5.59. The number of nitro groups is 1. The van der Waals surface area contributed by atoms with E-state index < -0.39 is 10.7 Å². The highest BCUT2D eigenvalue weighted by molar-refractivity contribution is 7.99. The minimum atomic E-state index is -1.39. The van der Waals surface area contributed by atoms with Gasteiger partial charge in [0, 0.05) is 11.8 Å². The van der Waals surface area contributed by atoms with E-state index in [0.717, 1.165) is 0 Å². The van der Waals surface area contributed by atoms with E-state index in [1.54, 1.807) is 18.2 Å². The highest BCUT2D eigenvalue weighted by Gasteiger charge is 2.30. The maximum absolute atomic E-state index is 10.5. The number of thioether (sulfide) groups is 1. The SMILES string of the molecule is O=[N+]([O-])c1ccccc1SCCO.OC1(O)CNC1. The van der Waals surface area contributed by atoms with Crippen LogP contribution in [-0.4, -0.2) is 51.5 Å². The Hall–Kier alpha value is -1.19. The van der Waals surface area contributed by atoms with Crippen LogP contribution >= 0.6 is 11.8 Å². The second kappa shape index (κ2) is 7.41. The van der Waals surface area contributed by atoms with E-state index in [1.165, 1.54) is 17.8 Å². The van der Waals surface area contributed by atoms with Crippen molar-refractivity contribution in [2.24, 2.45) is 0 Å². The first kappa shape index (κ1) is 15.9. The van der Waals surface area contributed by atoms with Crippen molar-refractivity contribution < 1.29 is 20.2 Å². The molecular weight excluding hydrogens is 272 g/mol. The van der Waals surface area contributed by atoms with Gasteiger partial charge in [-0.3, -0.25) is 10.1 Å². The van der Waals surface area contributed by atoms with Crippen LogP contribution in [-0.2, 0) is 0 Å². The summed E-state index contributed by atoms with van der Waals surface area (Å²) in [6.45, 7) is 0.650. The molecule has 1 aliphatic heterocycles. The van der Waals surface area contributed by atoms with Gasteiger partial charge in [0.1, 0.15) is 0 Å². The summed E-state index contributed by atoms with van der Waals surface area (Å²) in [5, 5.41) is 38.6. The molecule has 0 amide bonds. The van der Waals surface area contributed by atoms with Crippen molar-refractivity contribution in [3.63, 3.8) is 0 Å². The number of nitro benzene ring substituents is 1. The van der Waals surface area contributed by atoms with Crippen molar-refractivity contribution in [1.82, 2.24) is 5.32 Å². The molecule has 0 aromatic heterocycles. The summed E-state index contributed by atoms with van der Waals surface area (Å²) in [4.78, 5) is 10.7. The van der Waals surface area contributed by atoms with E-state index in [0.29, 0.717) is 23.7 Å². The largest absolute Gasteiger partial charge is 0.396 e. The Labute approximate surface area is 114 Å². The van der Waals surface area contributed by atoms with Crippen molar-refractivity contribution in [3.8, 4) is 0 Å². The molecule has 0 radical (unpaired) electrons. The molecule has 1 fully saturated rings. The zero-order valence-corrected chi connectivity index (χ0v) is 11.0. The normalized spacial score (nSPS) is 15.9. The van der Waals surface area contributed by atoms with Gasteiger partial charge in [-0.15, -0.1) is 11.8 Å². The highest BCUT2D eigenvalue weighted by atomic mass is 32.2. The van der Waals surface area contributed by atoms with Gasteiger partial charge in [0.2, 0.25) is 0 Å². The number of para-hydroxylation sites is 1. The maximum Gasteiger partial charge on any atom is 0.282 e. The molecule has 0 aliphatic carbocycles. The van der Waals surface area contributed by atoms with Crippen LogP contribution in [0.25, 0.3) is 0 Å². The predicted octanol–water partition coefficient (Wildman–Crippen LogP) is -0.0503. The lowest BCUT2D eigenvalue weighted by Gasteiger charge is -2.31. The zero-order chi connectivity index (χ0) is 14.3. The number of benzene rings is 1. The number of hydrogen-bond donors (Lipinski definition) is 4. The first-order valence-corrected chi connectivity index (χ1v) is 6.57. The molecule has 1 aromatic carbocycles. The van der Waals surface area contributed by atoms with E-state index in [4.69, 9.17) is 15.3 Å². The average Bonchev–Trinajstić information content (AvgIpc) is 2.35. The summed E-state index contributed by atoms with van der Waals surface area (Å²) < 4.78 is 0. The Morgan fingerprint density at radius 2 is 1.95 bits per heavy atom. The summed E-state index contributed by atoms with van der Waals surface area (Å²) in [6, 6.07) is 6.51. The number of rotatable bonds is 4. The Bertz CT molecular complexity index is 421. The van der Waals surface area contributed by atoms with E-state index in [9.17, 15) is 10.1 Å². The summed E-state index contributed by atoms with van der Waals surface area (Å²) in [7, 11) is 0. The third-order valence-corrected chi connectivity index (χ3v) is 3.27. The van der Waals surface area contributed by atoms with E-state index in [2.05, 4.69) is 5.32 Å². The molecule has 0 unspecified atom stereocenters. The van der Waals surface area contributed by atoms with Crippen LogP contribution in [0.4, 0.5) is 5.69 Å². The molecule has 0 bridgehead atoms. The number of nitrogens with one attached hydrogen (secondary N) is 1. The smallest absolute Gasteiger partial charge is 0.282 e. The number of aliphatic hydroxyl groups is 3. The van der Waals surface area contributed by atoms with Crippen molar-refractivity contribution in [2.75, 3.05) is 25.4 Å². The molecule has 1 saturated heterocycles. The Kier molecular flexibility index (Phi) is 6.19. The molecule has 19 heavy (non-hydrogen) atoms. The fraction of sp³-hybridized carbons (Fsp3) is 0.455. The minimum Gasteiger partial charge on any atom is -0.396 e. The van der Waals surface area contributed by atoms with Gasteiger partial charge in [0.15, 0.2) is 5.79 Å². The fourth-order valence-electron chi connectivity index (χ4n) is 1.23. The Morgan fingerprint density at radius 3 is 2.37 bits per heavy atom. The Balaban J connectivity index is 0.000000250. The lowest BCUT2D eigenvalue weighted by molar-refractivity contribution is -0.387. The van der Waals surface area contributed by atoms with Crippen LogP contribution in [0, 0.1) is 10.1 Å². The number of β-amino-alcohol motifs (C(OH)–C–C–N with tert-alkyl or cyclic N) is 2. The molecule has 0 atom stereocenters. The van der Waals surface area contributed by atoms with Gasteiger partial charge in [0.25, 0.3) is 5.69 Å². The molecule has 8 heteroatoms. The molecule has 0 spiro atoms. The predicted molar refractivity (Wildman–Crippen MR) is 70.9 cm³/mol. The molecule has 4 N–H and O–H groups in total. The number of hydrogen-bond acceptors (Lipinski definition) is 7. The molecule has 7 nitrogen and oxygen atoms in total. The van der Waals surface area contributed by atoms with Crippen LogP contribution in [0.15, 0.2) is 29.2 Å². The molecular formula is C11H16N2O5S.